The van der Waals surface area contributed by atoms with Gasteiger partial charge in [0.1, 0.15) is 0 Å². The molecule has 1 unspecified atom stereocenters. The van der Waals surface area contributed by atoms with E-state index in [1.54, 1.807) is 12.1 Å². The normalized spacial score (nSPS) is 12.6. The van der Waals surface area contributed by atoms with Gasteiger partial charge in [-0.25, -0.2) is 0 Å². The van der Waals surface area contributed by atoms with Gasteiger partial charge in [-0.1, -0.05) is 12.1 Å². The molecule has 4 heteroatoms. The van der Waals surface area contributed by atoms with Crippen molar-refractivity contribution in [2.24, 2.45) is 0 Å². The number of phenols is 2. The number of para-hydroxylation sites is 1. The highest BCUT2D eigenvalue weighted by Gasteiger charge is 2.07. The van der Waals surface area contributed by atoms with E-state index in [1.165, 1.54) is 6.07 Å². The number of aromatic hydroxyl groups is 2. The van der Waals surface area contributed by atoms with Crippen LogP contribution >= 0.6 is 0 Å². The van der Waals surface area contributed by atoms with E-state index in [0.717, 1.165) is 12.8 Å². The molecule has 0 fully saturated rings. The minimum atomic E-state index is -0.0951. The molecule has 0 amide bonds. The lowest BCUT2D eigenvalue weighted by atomic mass is 10.1. The molecule has 1 aromatic carbocycles. The summed E-state index contributed by atoms with van der Waals surface area (Å²) in [4.78, 5) is 0. The fourth-order valence-electron chi connectivity index (χ4n) is 1.50. The Hall–Kier alpha value is -1.26. The van der Waals surface area contributed by atoms with E-state index in [4.69, 9.17) is 5.11 Å². The van der Waals surface area contributed by atoms with Crippen molar-refractivity contribution in [2.75, 3.05) is 6.61 Å². The number of nitrogens with one attached hydrogen (secondary N) is 1. The van der Waals surface area contributed by atoms with Crippen molar-refractivity contribution in [2.45, 2.75) is 32.4 Å². The number of aliphatic hydroxyl groups is 1. The van der Waals surface area contributed by atoms with Crippen molar-refractivity contribution >= 4 is 0 Å². The molecule has 4 N–H and O–H groups in total. The fraction of sp³-hybridized carbons (Fsp3) is 0.500. The summed E-state index contributed by atoms with van der Waals surface area (Å²) in [5, 5.41) is 30.8. The number of rotatable bonds is 6. The molecule has 0 radical (unpaired) electrons. The maximum Gasteiger partial charge on any atom is 0.161 e. The average molecular weight is 225 g/mol. The van der Waals surface area contributed by atoms with Gasteiger partial charge < -0.3 is 20.6 Å². The first-order valence-corrected chi connectivity index (χ1v) is 5.49. The summed E-state index contributed by atoms with van der Waals surface area (Å²) in [6.45, 7) is 2.73. The van der Waals surface area contributed by atoms with Gasteiger partial charge in [0.05, 0.1) is 0 Å². The van der Waals surface area contributed by atoms with Gasteiger partial charge in [-0.05, 0) is 25.8 Å². The highest BCUT2D eigenvalue weighted by molar-refractivity contribution is 5.44. The lowest BCUT2D eigenvalue weighted by molar-refractivity contribution is 0.276. The molecule has 0 aliphatic carbocycles. The van der Waals surface area contributed by atoms with E-state index in [2.05, 4.69) is 5.32 Å². The molecular weight excluding hydrogens is 206 g/mol. The highest BCUT2D eigenvalue weighted by atomic mass is 16.3. The molecule has 0 saturated carbocycles. The van der Waals surface area contributed by atoms with Crippen LogP contribution in [0.25, 0.3) is 0 Å². The minimum Gasteiger partial charge on any atom is -0.504 e. The average Bonchev–Trinajstić information content (AvgIpc) is 2.28. The van der Waals surface area contributed by atoms with E-state index in [0.29, 0.717) is 12.1 Å². The Morgan fingerprint density at radius 1 is 1.31 bits per heavy atom. The standard InChI is InChI=1S/C12H19NO3/c1-9(4-3-7-14)13-8-10-5-2-6-11(15)12(10)16/h2,5-6,9,13-16H,3-4,7-8H2,1H3. The van der Waals surface area contributed by atoms with Crippen LogP contribution < -0.4 is 5.32 Å². The fourth-order valence-corrected chi connectivity index (χ4v) is 1.50. The third-order valence-corrected chi connectivity index (χ3v) is 2.53. The van der Waals surface area contributed by atoms with Crippen molar-refractivity contribution in [3.63, 3.8) is 0 Å². The van der Waals surface area contributed by atoms with Crippen molar-refractivity contribution in [3.8, 4) is 11.5 Å². The molecule has 0 aliphatic heterocycles. The molecule has 0 heterocycles. The summed E-state index contributed by atoms with van der Waals surface area (Å²) < 4.78 is 0. The topological polar surface area (TPSA) is 72.7 Å². The molecule has 0 bridgehead atoms. The second kappa shape index (κ2) is 6.35. The van der Waals surface area contributed by atoms with Crippen LogP contribution in [0.15, 0.2) is 18.2 Å². The van der Waals surface area contributed by atoms with Crippen LogP contribution in [0.4, 0.5) is 0 Å². The van der Waals surface area contributed by atoms with Gasteiger partial charge in [-0.2, -0.15) is 0 Å². The number of benzene rings is 1. The van der Waals surface area contributed by atoms with Gasteiger partial charge >= 0.3 is 0 Å². The van der Waals surface area contributed by atoms with Crippen molar-refractivity contribution in [3.05, 3.63) is 23.8 Å². The van der Waals surface area contributed by atoms with Crippen LogP contribution in [-0.4, -0.2) is 28.0 Å². The van der Waals surface area contributed by atoms with Crippen LogP contribution in [0.2, 0.25) is 0 Å². The Kier molecular flexibility index (Phi) is 5.08. The maximum absolute atomic E-state index is 9.56. The van der Waals surface area contributed by atoms with Crippen LogP contribution in [0, 0.1) is 0 Å². The zero-order valence-corrected chi connectivity index (χ0v) is 9.48. The first-order chi connectivity index (χ1) is 7.65. The molecule has 90 valence electrons. The largest absolute Gasteiger partial charge is 0.504 e. The third kappa shape index (κ3) is 3.72. The minimum absolute atomic E-state index is 0.0654. The summed E-state index contributed by atoms with van der Waals surface area (Å²) in [7, 11) is 0. The van der Waals surface area contributed by atoms with Crippen LogP contribution in [0.3, 0.4) is 0 Å². The molecular formula is C12H19NO3. The summed E-state index contributed by atoms with van der Waals surface area (Å²) in [5.41, 5.74) is 0.677. The molecule has 0 saturated heterocycles. The molecule has 0 aromatic heterocycles. The molecule has 0 aliphatic rings. The summed E-state index contributed by atoms with van der Waals surface area (Å²) in [5.74, 6) is -0.160. The quantitative estimate of drug-likeness (QED) is 0.551. The number of hydrogen-bond donors (Lipinski definition) is 4. The Balaban J connectivity index is 2.45. The van der Waals surface area contributed by atoms with Crippen molar-refractivity contribution in [1.82, 2.24) is 5.32 Å². The van der Waals surface area contributed by atoms with Gasteiger partial charge in [0, 0.05) is 24.8 Å². The van der Waals surface area contributed by atoms with Gasteiger partial charge in [0.2, 0.25) is 0 Å². The predicted molar refractivity (Wildman–Crippen MR) is 62.4 cm³/mol. The second-order valence-electron chi connectivity index (χ2n) is 3.93. The van der Waals surface area contributed by atoms with Crippen LogP contribution in [0.1, 0.15) is 25.3 Å². The smallest absolute Gasteiger partial charge is 0.161 e. The molecule has 1 aromatic rings. The predicted octanol–water partition coefficient (Wildman–Crippen LogP) is 1.35. The summed E-state index contributed by atoms with van der Waals surface area (Å²) >= 11 is 0. The molecule has 4 nitrogen and oxygen atoms in total. The van der Waals surface area contributed by atoms with Gasteiger partial charge in [0.15, 0.2) is 11.5 Å². The van der Waals surface area contributed by atoms with E-state index < -0.39 is 0 Å². The van der Waals surface area contributed by atoms with Crippen LogP contribution in [-0.2, 0) is 6.54 Å². The van der Waals surface area contributed by atoms with E-state index in [-0.39, 0.29) is 24.1 Å². The molecule has 1 rings (SSSR count). The summed E-state index contributed by atoms with van der Waals surface area (Å²) in [6, 6.07) is 5.19. The van der Waals surface area contributed by atoms with Gasteiger partial charge in [-0.3, -0.25) is 0 Å². The molecule has 1 atom stereocenters. The van der Waals surface area contributed by atoms with Gasteiger partial charge in [0.25, 0.3) is 0 Å². The summed E-state index contributed by atoms with van der Waals surface area (Å²) in [6.07, 6.45) is 1.65. The maximum atomic E-state index is 9.56. The van der Waals surface area contributed by atoms with E-state index in [1.807, 2.05) is 6.92 Å². The lowest BCUT2D eigenvalue weighted by Crippen LogP contribution is -2.25. The first-order valence-electron chi connectivity index (χ1n) is 5.49. The monoisotopic (exact) mass is 225 g/mol. The number of phenolic OH excluding ortho intramolecular Hbond substituents is 2. The lowest BCUT2D eigenvalue weighted by Gasteiger charge is -2.14. The van der Waals surface area contributed by atoms with E-state index in [9.17, 15) is 10.2 Å². The Morgan fingerprint density at radius 2 is 2.06 bits per heavy atom. The van der Waals surface area contributed by atoms with Gasteiger partial charge in [-0.15, -0.1) is 0 Å². The van der Waals surface area contributed by atoms with E-state index >= 15 is 0 Å². The van der Waals surface area contributed by atoms with Crippen molar-refractivity contribution < 1.29 is 15.3 Å². The number of hydrogen-bond acceptors (Lipinski definition) is 4. The third-order valence-electron chi connectivity index (χ3n) is 2.53. The highest BCUT2D eigenvalue weighted by Crippen LogP contribution is 2.27. The Bertz CT molecular complexity index is 328. The first kappa shape index (κ1) is 12.8. The number of aliphatic hydroxyl groups excluding tert-OH is 1. The Labute approximate surface area is 95.6 Å². The Morgan fingerprint density at radius 3 is 2.75 bits per heavy atom. The zero-order chi connectivity index (χ0) is 12.0. The van der Waals surface area contributed by atoms with Crippen molar-refractivity contribution in [1.29, 1.82) is 0 Å². The SMILES string of the molecule is CC(CCCO)NCc1cccc(O)c1O. The zero-order valence-electron chi connectivity index (χ0n) is 9.48. The second-order valence-corrected chi connectivity index (χ2v) is 3.93. The molecule has 16 heavy (non-hydrogen) atoms. The molecule has 0 spiro atoms. The van der Waals surface area contributed by atoms with Crippen LogP contribution in [0.5, 0.6) is 11.5 Å².